The van der Waals surface area contributed by atoms with Crippen molar-refractivity contribution in [3.8, 4) is 0 Å². The van der Waals surface area contributed by atoms with Crippen LogP contribution in [0.3, 0.4) is 0 Å². The van der Waals surface area contributed by atoms with Gasteiger partial charge in [-0.2, -0.15) is 24.7 Å². The lowest BCUT2D eigenvalue weighted by molar-refractivity contribution is -0.0384. The summed E-state index contributed by atoms with van der Waals surface area (Å²) in [5, 5.41) is 49.0. The van der Waals surface area contributed by atoms with E-state index >= 15 is 0 Å². The summed E-state index contributed by atoms with van der Waals surface area (Å²) in [6.07, 6.45) is 9.84. The maximum absolute atomic E-state index is 11.2. The third-order valence-electron chi connectivity index (χ3n) is 11.8. The number of anilines is 4. The molecule has 5 aromatic rings. The van der Waals surface area contributed by atoms with Crippen LogP contribution in [0.5, 0.6) is 0 Å². The quantitative estimate of drug-likeness (QED) is 0.0923. The van der Waals surface area contributed by atoms with E-state index in [2.05, 4.69) is 46.6 Å². The van der Waals surface area contributed by atoms with Crippen LogP contribution in [0.4, 0.5) is 23.5 Å². The molecular formula is C35H52N18O3. The molecular weight excluding hydrogens is 721 g/mol. The van der Waals surface area contributed by atoms with Gasteiger partial charge in [-0.1, -0.05) is 0 Å². The Kier molecular flexibility index (Phi) is 10.2. The van der Waals surface area contributed by atoms with Crippen molar-refractivity contribution in [3.63, 3.8) is 0 Å². The lowest BCUT2D eigenvalue weighted by Gasteiger charge is -2.31. The Morgan fingerprint density at radius 2 is 1.30 bits per heavy atom. The van der Waals surface area contributed by atoms with Crippen molar-refractivity contribution < 1.29 is 14.9 Å². The highest BCUT2D eigenvalue weighted by molar-refractivity contribution is 5.85. The standard InChI is InChI=1S/C35H52N18O3/c1-2-53-50-31(49-51-53)27-25(54)26(55)33(56-27)52-16-40-24-30(47-35(48-32(24)52)44-22-9-5-18(37)6-10-22)42-20-13-11-19(12-14-20)41-29-23-28(39-15-38-23)45-34(46-29)43-21-7-3-17(36)4-8-21/h15-22,25-27,33,54-55H,2-14,36-37H2,1H3,(H2,42,44,47,48)(H3,38,39,41,43,45,46)/t17?,18?,19?,20?,21?,22?,25-,26+,27-,33+/m0/s1. The van der Waals surface area contributed by atoms with Gasteiger partial charge in [0.1, 0.15) is 17.7 Å². The fourth-order valence-electron chi connectivity index (χ4n) is 8.54. The topological polar surface area (TPSA) is 292 Å². The molecule has 3 aliphatic carbocycles. The van der Waals surface area contributed by atoms with Crippen molar-refractivity contribution in [3.05, 3.63) is 18.5 Å². The van der Waals surface area contributed by atoms with E-state index in [9.17, 15) is 10.2 Å². The minimum absolute atomic E-state index is 0.120. The second kappa shape index (κ2) is 15.6. The van der Waals surface area contributed by atoms with Crippen LogP contribution in [-0.4, -0.2) is 118 Å². The number of hydrogen-bond acceptors (Lipinski definition) is 18. The van der Waals surface area contributed by atoms with Gasteiger partial charge in [-0.25, -0.2) is 9.97 Å². The summed E-state index contributed by atoms with van der Waals surface area (Å²) in [6.45, 7) is 2.39. The number of fused-ring (bicyclic) bond motifs is 2. The van der Waals surface area contributed by atoms with Crippen LogP contribution in [-0.2, 0) is 11.3 Å². The molecule has 0 amide bonds. The monoisotopic (exact) mass is 772 g/mol. The van der Waals surface area contributed by atoms with Crippen LogP contribution in [0.2, 0.25) is 0 Å². The largest absolute Gasteiger partial charge is 0.387 e. The molecule has 0 bridgehead atoms. The third kappa shape index (κ3) is 7.52. The molecule has 0 radical (unpaired) electrons. The minimum atomic E-state index is -1.30. The molecule has 1 saturated heterocycles. The normalized spacial score (nSPS) is 31.2. The van der Waals surface area contributed by atoms with Gasteiger partial charge in [0.25, 0.3) is 0 Å². The van der Waals surface area contributed by atoms with Gasteiger partial charge < -0.3 is 52.7 Å². The Morgan fingerprint density at radius 1 is 0.732 bits per heavy atom. The van der Waals surface area contributed by atoms with Gasteiger partial charge in [0, 0.05) is 36.3 Å². The summed E-state index contributed by atoms with van der Waals surface area (Å²) < 4.78 is 7.85. The molecule has 4 fully saturated rings. The molecule has 4 atom stereocenters. The van der Waals surface area contributed by atoms with Gasteiger partial charge in [-0.15, -0.1) is 10.2 Å². The molecule has 0 spiro atoms. The number of H-pyrrole nitrogens is 1. The number of imidazole rings is 2. The maximum Gasteiger partial charge on any atom is 0.227 e. The van der Waals surface area contributed by atoms with Crippen LogP contribution in [0.25, 0.3) is 22.3 Å². The first-order valence-electron chi connectivity index (χ1n) is 20.1. The number of aromatic amines is 1. The number of aryl methyl sites for hydroxylation is 1. The molecule has 56 heavy (non-hydrogen) atoms. The van der Waals surface area contributed by atoms with E-state index in [4.69, 9.17) is 41.1 Å². The number of aromatic nitrogens is 12. The van der Waals surface area contributed by atoms with Gasteiger partial charge in [0.05, 0.1) is 19.2 Å². The van der Waals surface area contributed by atoms with Crippen LogP contribution in [0.1, 0.15) is 102 Å². The first-order valence-corrected chi connectivity index (χ1v) is 20.1. The first kappa shape index (κ1) is 36.8. The molecule has 21 nitrogen and oxygen atoms in total. The fourth-order valence-corrected chi connectivity index (χ4v) is 8.54. The molecule has 0 aromatic carbocycles. The van der Waals surface area contributed by atoms with Crippen LogP contribution in [0, 0.1) is 0 Å². The highest BCUT2D eigenvalue weighted by atomic mass is 16.6. The molecule has 1 aliphatic heterocycles. The zero-order chi connectivity index (χ0) is 38.3. The number of nitrogens with two attached hydrogens (primary N) is 2. The molecule has 6 heterocycles. The summed E-state index contributed by atoms with van der Waals surface area (Å²) in [5.41, 5.74) is 14.7. The summed E-state index contributed by atoms with van der Waals surface area (Å²) >= 11 is 0. The average Bonchev–Trinajstić information content (AvgIpc) is 4.02. The predicted molar refractivity (Wildman–Crippen MR) is 206 cm³/mol. The Bertz CT molecular complexity index is 2100. The zero-order valence-corrected chi connectivity index (χ0v) is 31.5. The smallest absolute Gasteiger partial charge is 0.227 e. The Hall–Kier alpha value is -4.83. The predicted octanol–water partition coefficient (Wildman–Crippen LogP) is 1.69. The van der Waals surface area contributed by atoms with Gasteiger partial charge in [0.15, 0.2) is 40.8 Å². The first-order chi connectivity index (χ1) is 27.3. The number of tetrazole rings is 1. The molecule has 4 aliphatic rings. The van der Waals surface area contributed by atoms with Gasteiger partial charge >= 0.3 is 0 Å². The van der Waals surface area contributed by atoms with Crippen molar-refractivity contribution in [1.82, 2.24) is 59.7 Å². The molecule has 11 N–H and O–H groups in total. The number of aliphatic hydroxyl groups excluding tert-OH is 2. The van der Waals surface area contributed by atoms with E-state index in [-0.39, 0.29) is 36.0 Å². The molecule has 21 heteroatoms. The molecule has 9 rings (SSSR count). The van der Waals surface area contributed by atoms with Gasteiger partial charge in [0.2, 0.25) is 17.7 Å². The minimum Gasteiger partial charge on any atom is -0.387 e. The van der Waals surface area contributed by atoms with Crippen LogP contribution >= 0.6 is 0 Å². The summed E-state index contributed by atoms with van der Waals surface area (Å²) in [5.74, 6) is 2.54. The van der Waals surface area contributed by atoms with E-state index in [0.29, 0.717) is 47.1 Å². The van der Waals surface area contributed by atoms with E-state index < -0.39 is 24.5 Å². The maximum atomic E-state index is 11.2. The number of hydrogen-bond donors (Lipinski definition) is 9. The summed E-state index contributed by atoms with van der Waals surface area (Å²) in [7, 11) is 0. The second-order valence-electron chi connectivity index (χ2n) is 15.8. The van der Waals surface area contributed by atoms with Crippen molar-refractivity contribution in [1.29, 1.82) is 0 Å². The zero-order valence-electron chi connectivity index (χ0n) is 31.5. The Balaban J connectivity index is 0.918. The lowest BCUT2D eigenvalue weighted by atomic mass is 9.91. The van der Waals surface area contributed by atoms with E-state index in [1.54, 1.807) is 17.2 Å². The molecule has 3 saturated carbocycles. The fraction of sp³-hybridized carbons (Fsp3) is 0.686. The van der Waals surface area contributed by atoms with Crippen molar-refractivity contribution >= 4 is 45.9 Å². The Labute approximate surface area is 322 Å². The van der Waals surface area contributed by atoms with E-state index in [1.807, 2.05) is 6.92 Å². The average molecular weight is 773 g/mol. The van der Waals surface area contributed by atoms with Gasteiger partial charge in [-0.3, -0.25) is 4.57 Å². The number of nitrogens with one attached hydrogen (secondary N) is 5. The summed E-state index contributed by atoms with van der Waals surface area (Å²) in [4.78, 5) is 33.2. The molecule has 5 aromatic heterocycles. The lowest BCUT2D eigenvalue weighted by Crippen LogP contribution is -2.34. The number of rotatable bonds is 11. The van der Waals surface area contributed by atoms with E-state index in [1.165, 1.54) is 4.80 Å². The van der Waals surface area contributed by atoms with Gasteiger partial charge in [-0.05, 0) is 89.2 Å². The van der Waals surface area contributed by atoms with Crippen molar-refractivity contribution in [2.45, 2.75) is 151 Å². The summed E-state index contributed by atoms with van der Waals surface area (Å²) in [6, 6.07) is 1.25. The van der Waals surface area contributed by atoms with Crippen LogP contribution in [0.15, 0.2) is 12.7 Å². The van der Waals surface area contributed by atoms with Crippen LogP contribution < -0.4 is 32.7 Å². The molecule has 0 unspecified atom stereocenters. The highest BCUT2D eigenvalue weighted by Crippen LogP contribution is 2.39. The van der Waals surface area contributed by atoms with E-state index in [0.717, 1.165) is 88.4 Å². The SMILES string of the molecule is CCn1nnc([C@H]2O[C@@H](n3cnc4c(NC5CCC(Nc6nc(NC7CCC(N)CC7)nc7[nH]cnc67)CC5)nc(NC5CCC(N)CC5)nc43)[C@H](O)[C@@H]2O)n1. The van der Waals surface area contributed by atoms with Crippen molar-refractivity contribution in [2.24, 2.45) is 11.5 Å². The number of aliphatic hydroxyl groups is 2. The number of nitrogens with zero attached hydrogens (tertiary/aromatic N) is 11. The Morgan fingerprint density at radius 3 is 1.91 bits per heavy atom. The van der Waals surface area contributed by atoms with Crippen molar-refractivity contribution in [2.75, 3.05) is 21.3 Å². The molecule has 300 valence electrons. The highest BCUT2D eigenvalue weighted by Gasteiger charge is 2.47. The second-order valence-corrected chi connectivity index (χ2v) is 15.8. The third-order valence-corrected chi connectivity index (χ3v) is 11.8. The number of ether oxygens (including phenoxy) is 1.